The fourth-order valence-corrected chi connectivity index (χ4v) is 3.75. The minimum Gasteiger partial charge on any atom is -0.507 e. The summed E-state index contributed by atoms with van der Waals surface area (Å²) in [6.45, 7) is 2.49. The summed E-state index contributed by atoms with van der Waals surface area (Å²) >= 11 is 0. The van der Waals surface area contributed by atoms with Crippen LogP contribution in [0.15, 0.2) is 78.6 Å². The smallest absolute Gasteiger partial charge is 0.295 e. The second-order valence-corrected chi connectivity index (χ2v) is 7.29. The number of ether oxygens (including phenoxy) is 1. The van der Waals surface area contributed by atoms with Gasteiger partial charge in [0.05, 0.1) is 18.2 Å². The van der Waals surface area contributed by atoms with Gasteiger partial charge in [0, 0.05) is 24.5 Å². The zero-order chi connectivity index (χ0) is 22.7. The molecule has 3 aromatic rings. The van der Waals surface area contributed by atoms with Crippen LogP contribution in [0.4, 0.5) is 4.39 Å². The second kappa shape index (κ2) is 9.01. The highest BCUT2D eigenvalue weighted by atomic mass is 19.1. The molecule has 1 fully saturated rings. The lowest BCUT2D eigenvalue weighted by Crippen LogP contribution is -2.29. The number of likely N-dealkylation sites (tertiary alicyclic amines) is 1. The molecular formula is C25H21FN2O4. The van der Waals surface area contributed by atoms with Gasteiger partial charge >= 0.3 is 0 Å². The van der Waals surface area contributed by atoms with E-state index in [0.29, 0.717) is 23.5 Å². The summed E-state index contributed by atoms with van der Waals surface area (Å²) in [6.07, 6.45) is 3.19. The van der Waals surface area contributed by atoms with Crippen molar-refractivity contribution >= 4 is 17.4 Å². The highest BCUT2D eigenvalue weighted by Crippen LogP contribution is 2.40. The number of ketones is 1. The Hall–Kier alpha value is -4.00. The standard InChI is InChI=1S/C25H21FN2O4/c1-2-32-20-9-5-18(6-10-20)23(29)21-22(17-3-7-19(26)8-4-17)28(25(31)24(21)30)15-16-11-13-27-14-12-16/h3-14,22,29H,2,15H2,1H3/b23-21+. The van der Waals surface area contributed by atoms with Gasteiger partial charge in [-0.05, 0) is 66.6 Å². The van der Waals surface area contributed by atoms with Crippen molar-refractivity contribution in [2.45, 2.75) is 19.5 Å². The second-order valence-electron chi connectivity index (χ2n) is 7.29. The molecule has 0 bridgehead atoms. The number of Topliss-reactive ketones (excluding diaryl/α,β-unsaturated/α-hetero) is 1. The number of halogens is 1. The van der Waals surface area contributed by atoms with Gasteiger partial charge < -0.3 is 14.7 Å². The van der Waals surface area contributed by atoms with E-state index in [2.05, 4.69) is 4.98 Å². The van der Waals surface area contributed by atoms with E-state index in [1.807, 2.05) is 6.92 Å². The van der Waals surface area contributed by atoms with Crippen LogP contribution in [0.5, 0.6) is 5.75 Å². The van der Waals surface area contributed by atoms with E-state index in [0.717, 1.165) is 5.56 Å². The average Bonchev–Trinajstić information content (AvgIpc) is 3.05. The molecule has 0 saturated carbocycles. The van der Waals surface area contributed by atoms with Crippen LogP contribution in [0.1, 0.15) is 29.7 Å². The number of pyridine rings is 1. The van der Waals surface area contributed by atoms with Crippen molar-refractivity contribution in [2.75, 3.05) is 6.61 Å². The van der Waals surface area contributed by atoms with E-state index in [1.165, 1.54) is 29.2 Å². The zero-order valence-electron chi connectivity index (χ0n) is 17.4. The summed E-state index contributed by atoms with van der Waals surface area (Å²) < 4.78 is 19.0. The lowest BCUT2D eigenvalue weighted by molar-refractivity contribution is -0.140. The Labute approximate surface area is 184 Å². The van der Waals surface area contributed by atoms with Crippen LogP contribution < -0.4 is 4.74 Å². The number of hydrogen-bond donors (Lipinski definition) is 1. The fourth-order valence-electron chi connectivity index (χ4n) is 3.75. The molecule has 0 radical (unpaired) electrons. The monoisotopic (exact) mass is 432 g/mol. The molecule has 4 rings (SSSR count). The van der Waals surface area contributed by atoms with Crippen molar-refractivity contribution in [1.29, 1.82) is 0 Å². The molecule has 1 aromatic heterocycles. The molecule has 1 aliphatic heterocycles. The van der Waals surface area contributed by atoms with E-state index in [4.69, 9.17) is 4.74 Å². The molecule has 7 heteroatoms. The Balaban J connectivity index is 1.81. The Morgan fingerprint density at radius 1 is 1.03 bits per heavy atom. The molecule has 1 atom stereocenters. The van der Waals surface area contributed by atoms with Gasteiger partial charge in [0.1, 0.15) is 17.3 Å². The van der Waals surface area contributed by atoms with Crippen LogP contribution in [0.3, 0.4) is 0 Å². The molecule has 1 saturated heterocycles. The predicted octanol–water partition coefficient (Wildman–Crippen LogP) is 4.24. The maximum atomic E-state index is 13.6. The quantitative estimate of drug-likeness (QED) is 0.358. The maximum absolute atomic E-state index is 13.6. The van der Waals surface area contributed by atoms with Gasteiger partial charge in [-0.25, -0.2) is 4.39 Å². The van der Waals surface area contributed by atoms with E-state index < -0.39 is 23.5 Å². The summed E-state index contributed by atoms with van der Waals surface area (Å²) in [5.74, 6) is -1.63. The molecule has 0 spiro atoms. The van der Waals surface area contributed by atoms with Gasteiger partial charge in [0.15, 0.2) is 0 Å². The lowest BCUT2D eigenvalue weighted by atomic mass is 9.95. The van der Waals surface area contributed by atoms with E-state index in [-0.39, 0.29) is 17.9 Å². The molecule has 0 aliphatic carbocycles. The van der Waals surface area contributed by atoms with Gasteiger partial charge in [0.2, 0.25) is 0 Å². The zero-order valence-corrected chi connectivity index (χ0v) is 17.4. The van der Waals surface area contributed by atoms with Crippen molar-refractivity contribution in [3.8, 4) is 5.75 Å². The number of aromatic nitrogens is 1. The van der Waals surface area contributed by atoms with Gasteiger partial charge in [-0.2, -0.15) is 0 Å². The fraction of sp³-hybridized carbons (Fsp3) is 0.160. The highest BCUT2D eigenvalue weighted by Gasteiger charge is 2.46. The number of aliphatic hydroxyl groups excluding tert-OH is 1. The normalized spacial score (nSPS) is 17.6. The summed E-state index contributed by atoms with van der Waals surface area (Å²) in [4.78, 5) is 31.3. The minimum absolute atomic E-state index is 0.0418. The van der Waals surface area contributed by atoms with Gasteiger partial charge in [-0.15, -0.1) is 0 Å². The number of amides is 1. The van der Waals surface area contributed by atoms with Crippen molar-refractivity contribution < 1.29 is 23.8 Å². The molecule has 162 valence electrons. The number of nitrogens with zero attached hydrogens (tertiary/aromatic N) is 2. The van der Waals surface area contributed by atoms with E-state index in [9.17, 15) is 19.1 Å². The Morgan fingerprint density at radius 2 is 1.69 bits per heavy atom. The number of benzene rings is 2. The molecule has 1 aliphatic rings. The third-order valence-corrected chi connectivity index (χ3v) is 5.27. The first-order valence-corrected chi connectivity index (χ1v) is 10.2. The topological polar surface area (TPSA) is 79.7 Å². The maximum Gasteiger partial charge on any atom is 0.295 e. The molecule has 6 nitrogen and oxygen atoms in total. The SMILES string of the molecule is CCOc1ccc(/C(O)=C2\C(=O)C(=O)N(Cc3ccncc3)C2c2ccc(F)cc2)cc1. The van der Waals surface area contributed by atoms with E-state index >= 15 is 0 Å². The summed E-state index contributed by atoms with van der Waals surface area (Å²) in [5, 5.41) is 11.1. The summed E-state index contributed by atoms with van der Waals surface area (Å²) in [6, 6.07) is 14.8. The molecule has 2 heterocycles. The van der Waals surface area contributed by atoms with Crippen LogP contribution in [0, 0.1) is 5.82 Å². The number of carbonyl (C=O) groups excluding carboxylic acids is 2. The minimum atomic E-state index is -0.865. The lowest BCUT2D eigenvalue weighted by Gasteiger charge is -2.25. The summed E-state index contributed by atoms with van der Waals surface area (Å²) in [5.41, 5.74) is 1.63. The van der Waals surface area contributed by atoms with Gasteiger partial charge in [-0.3, -0.25) is 14.6 Å². The van der Waals surface area contributed by atoms with Crippen LogP contribution in [0.2, 0.25) is 0 Å². The Kier molecular flexibility index (Phi) is 5.98. The number of rotatable bonds is 6. The molecule has 1 amide bonds. The van der Waals surface area contributed by atoms with E-state index in [1.54, 1.807) is 48.8 Å². The van der Waals surface area contributed by atoms with Gasteiger partial charge in [0.25, 0.3) is 11.7 Å². The van der Waals surface area contributed by atoms with Crippen LogP contribution in [-0.2, 0) is 16.1 Å². The molecule has 1 N–H and O–H groups in total. The molecule has 2 aromatic carbocycles. The van der Waals surface area contributed by atoms with Crippen molar-refractivity contribution in [3.05, 3.63) is 101 Å². The molecular weight excluding hydrogens is 411 g/mol. The first kappa shape index (κ1) is 21.2. The van der Waals surface area contributed by atoms with Crippen LogP contribution in [-0.4, -0.2) is 33.3 Å². The average molecular weight is 432 g/mol. The predicted molar refractivity (Wildman–Crippen MR) is 116 cm³/mol. The van der Waals surface area contributed by atoms with Crippen LogP contribution >= 0.6 is 0 Å². The van der Waals surface area contributed by atoms with Crippen molar-refractivity contribution in [3.63, 3.8) is 0 Å². The number of hydrogen-bond acceptors (Lipinski definition) is 5. The van der Waals surface area contributed by atoms with Crippen molar-refractivity contribution in [1.82, 2.24) is 9.88 Å². The Bertz CT molecular complexity index is 1160. The summed E-state index contributed by atoms with van der Waals surface area (Å²) in [7, 11) is 0. The first-order chi connectivity index (χ1) is 15.5. The molecule has 1 unspecified atom stereocenters. The van der Waals surface area contributed by atoms with Gasteiger partial charge in [-0.1, -0.05) is 12.1 Å². The highest BCUT2D eigenvalue weighted by molar-refractivity contribution is 6.46. The van der Waals surface area contributed by atoms with Crippen LogP contribution in [0.25, 0.3) is 5.76 Å². The number of aliphatic hydroxyl groups is 1. The third kappa shape index (κ3) is 4.09. The Morgan fingerprint density at radius 3 is 2.31 bits per heavy atom. The molecule has 32 heavy (non-hydrogen) atoms. The largest absolute Gasteiger partial charge is 0.507 e. The third-order valence-electron chi connectivity index (χ3n) is 5.27. The number of carbonyl (C=O) groups is 2. The van der Waals surface area contributed by atoms with Crippen molar-refractivity contribution in [2.24, 2.45) is 0 Å². The first-order valence-electron chi connectivity index (χ1n) is 10.2.